The highest BCUT2D eigenvalue weighted by Crippen LogP contribution is 2.28. The van der Waals surface area contributed by atoms with Gasteiger partial charge in [-0.05, 0) is 36.8 Å². The lowest BCUT2D eigenvalue weighted by Crippen LogP contribution is -2.40. The second-order valence-electron chi connectivity index (χ2n) is 8.01. The van der Waals surface area contributed by atoms with Crippen LogP contribution in [0.4, 0.5) is 0 Å². The lowest BCUT2D eigenvalue weighted by atomic mass is 10.1. The number of hydrogen-bond acceptors (Lipinski definition) is 9. The van der Waals surface area contributed by atoms with Crippen LogP contribution in [-0.4, -0.2) is 57.1 Å². The first kappa shape index (κ1) is 23.6. The third kappa shape index (κ3) is 4.85. The van der Waals surface area contributed by atoms with E-state index in [2.05, 4.69) is 5.32 Å². The van der Waals surface area contributed by atoms with E-state index in [0.717, 1.165) is 4.90 Å². The summed E-state index contributed by atoms with van der Waals surface area (Å²) in [7, 11) is 0. The normalized spacial score (nSPS) is 20.2. The molecule has 0 spiro atoms. The molecule has 1 saturated heterocycles. The Hall–Kier alpha value is -3.57. The number of carbonyl (C=O) groups is 4. The van der Waals surface area contributed by atoms with Gasteiger partial charge in [-0.2, -0.15) is 0 Å². The van der Waals surface area contributed by atoms with Crippen molar-refractivity contribution in [3.8, 4) is 0 Å². The Bertz CT molecular complexity index is 1170. The van der Waals surface area contributed by atoms with Crippen LogP contribution in [0.3, 0.4) is 0 Å². The van der Waals surface area contributed by atoms with Crippen molar-refractivity contribution in [3.63, 3.8) is 0 Å². The summed E-state index contributed by atoms with van der Waals surface area (Å²) in [5, 5.41) is 14.8. The van der Waals surface area contributed by atoms with Gasteiger partial charge in [0, 0.05) is 31.3 Å². The number of nitrogens with one attached hydrogen (secondary N) is 1. The molecule has 0 saturated carbocycles. The summed E-state index contributed by atoms with van der Waals surface area (Å²) in [6.45, 7) is 2.24. The smallest absolute Gasteiger partial charge is 0.383 e. The van der Waals surface area contributed by atoms with Crippen LogP contribution in [0.2, 0.25) is 0 Å². The summed E-state index contributed by atoms with van der Waals surface area (Å²) < 4.78 is 5.10. The lowest BCUT2D eigenvalue weighted by Gasteiger charge is -2.18. The largest absolute Gasteiger partial charge is 0.390 e. The van der Waals surface area contributed by atoms with Crippen molar-refractivity contribution >= 4 is 34.7 Å². The molecule has 2 aromatic rings. The lowest BCUT2D eigenvalue weighted by molar-refractivity contribution is -0.574. The van der Waals surface area contributed by atoms with Crippen molar-refractivity contribution in [1.29, 1.82) is 0 Å². The molecule has 1 fully saturated rings. The number of esters is 1. The molecule has 176 valence electrons. The number of thioether (sulfide) groups is 1. The molecular weight excluding hydrogens is 462 g/mol. The molecule has 0 radical (unpaired) electrons. The molecule has 4 rings (SSSR count). The van der Waals surface area contributed by atoms with E-state index in [1.165, 1.54) is 49.0 Å². The Labute approximate surface area is 198 Å². The molecule has 2 aliphatic rings. The van der Waals surface area contributed by atoms with Crippen LogP contribution in [0.5, 0.6) is 0 Å². The van der Waals surface area contributed by atoms with Crippen LogP contribution in [-0.2, 0) is 9.53 Å². The Kier molecular flexibility index (Phi) is 6.75. The number of benzene rings is 2. The van der Waals surface area contributed by atoms with Gasteiger partial charge in [0.25, 0.3) is 11.8 Å². The number of rotatable bonds is 7. The van der Waals surface area contributed by atoms with E-state index >= 15 is 0 Å². The van der Waals surface area contributed by atoms with Gasteiger partial charge in [-0.3, -0.25) is 29.4 Å². The number of nitrogens with zero attached hydrogens (tertiary/aromatic N) is 2. The molecule has 0 aromatic heterocycles. The number of imide groups is 1. The van der Waals surface area contributed by atoms with Crippen LogP contribution in [0.1, 0.15) is 56.2 Å². The highest BCUT2D eigenvalue weighted by atomic mass is 32.2. The maximum atomic E-state index is 12.9. The zero-order chi connectivity index (χ0) is 24.4. The average Bonchev–Trinajstić information content (AvgIpc) is 3.34. The fourth-order valence-corrected chi connectivity index (χ4v) is 5.05. The first-order chi connectivity index (χ1) is 16.2. The van der Waals surface area contributed by atoms with E-state index in [9.17, 15) is 29.3 Å². The van der Waals surface area contributed by atoms with E-state index in [-0.39, 0.29) is 45.2 Å². The maximum absolute atomic E-state index is 12.9. The van der Waals surface area contributed by atoms with Gasteiger partial charge in [-0.25, -0.2) is 4.79 Å². The average molecular weight is 484 g/mol. The van der Waals surface area contributed by atoms with E-state index in [0.29, 0.717) is 13.0 Å². The quantitative estimate of drug-likeness (QED) is 0.207. The minimum Gasteiger partial charge on any atom is -0.390 e. The summed E-state index contributed by atoms with van der Waals surface area (Å²) in [5.41, 5.74) is 0.332. The summed E-state index contributed by atoms with van der Waals surface area (Å²) >= 11 is 1.23. The van der Waals surface area contributed by atoms with Gasteiger partial charge in [0.15, 0.2) is 5.12 Å². The second kappa shape index (κ2) is 9.74. The molecule has 2 heterocycles. The first-order valence-electron chi connectivity index (χ1n) is 10.5. The van der Waals surface area contributed by atoms with Crippen molar-refractivity contribution < 1.29 is 28.8 Å². The fraction of sp³-hybridized carbons (Fsp3) is 0.304. The van der Waals surface area contributed by atoms with Gasteiger partial charge in [-0.15, -0.1) is 0 Å². The molecule has 11 heteroatoms. The summed E-state index contributed by atoms with van der Waals surface area (Å²) in [6.07, 6.45) is -1.07. The molecule has 3 unspecified atom stereocenters. The zero-order valence-corrected chi connectivity index (χ0v) is 18.9. The van der Waals surface area contributed by atoms with E-state index in [1.54, 1.807) is 18.2 Å². The Morgan fingerprint density at radius 3 is 2.56 bits per heavy atom. The zero-order valence-electron chi connectivity index (χ0n) is 18.1. The van der Waals surface area contributed by atoms with Crippen LogP contribution in [0.15, 0.2) is 48.5 Å². The third-order valence-electron chi connectivity index (χ3n) is 5.62. The molecule has 2 aliphatic heterocycles. The summed E-state index contributed by atoms with van der Waals surface area (Å²) in [5.74, 6) is -2.00. The third-order valence-corrected chi connectivity index (χ3v) is 6.64. The van der Waals surface area contributed by atoms with E-state index in [1.807, 2.05) is 0 Å². The molecule has 34 heavy (non-hydrogen) atoms. The number of nitro groups is 1. The molecule has 0 bridgehead atoms. The van der Waals surface area contributed by atoms with Crippen LogP contribution < -0.4 is 5.32 Å². The van der Waals surface area contributed by atoms with Crippen LogP contribution >= 0.6 is 11.8 Å². The van der Waals surface area contributed by atoms with Gasteiger partial charge < -0.3 is 10.1 Å². The fourth-order valence-electron chi connectivity index (χ4n) is 4.07. The first-order valence-corrected chi connectivity index (χ1v) is 11.4. The standard InChI is InChI=1S/C23H21N3O7S/c1-13(27)34-17-10-16(24-11-17)12-25-20(28)18-8-7-15(9-19(18)21(25)29)23(30)33-22(26(31)32)14-5-3-2-4-6-14/h2-9,16-17,22,24H,10-12H2,1H3. The highest BCUT2D eigenvalue weighted by molar-refractivity contribution is 8.14. The van der Waals surface area contributed by atoms with Crippen molar-refractivity contribution in [2.45, 2.75) is 30.9 Å². The number of amides is 2. The monoisotopic (exact) mass is 483 g/mol. The Morgan fingerprint density at radius 2 is 1.88 bits per heavy atom. The molecule has 1 N–H and O–H groups in total. The van der Waals surface area contributed by atoms with Crippen molar-refractivity contribution in [1.82, 2.24) is 10.2 Å². The topological polar surface area (TPSA) is 136 Å². The molecule has 0 aliphatic carbocycles. The SMILES string of the molecule is CC(=O)SC1CNC(CN2C(=O)c3ccc(C(=O)OC(c4ccccc4)[N+](=O)[O-])cc3C2=O)C1. The molecule has 2 aromatic carbocycles. The minimum absolute atomic E-state index is 0.0131. The predicted octanol–water partition coefficient (Wildman–Crippen LogP) is 2.43. The Balaban J connectivity index is 1.47. The van der Waals surface area contributed by atoms with Crippen molar-refractivity contribution in [2.75, 3.05) is 13.1 Å². The number of fused-ring (bicyclic) bond motifs is 1. The predicted molar refractivity (Wildman–Crippen MR) is 122 cm³/mol. The van der Waals surface area contributed by atoms with E-state index < -0.39 is 28.9 Å². The second-order valence-corrected chi connectivity index (χ2v) is 9.48. The van der Waals surface area contributed by atoms with E-state index in [4.69, 9.17) is 4.74 Å². The van der Waals surface area contributed by atoms with Gasteiger partial charge in [0.1, 0.15) is 0 Å². The van der Waals surface area contributed by atoms with Gasteiger partial charge in [-0.1, -0.05) is 30.0 Å². The van der Waals surface area contributed by atoms with Crippen molar-refractivity contribution in [2.24, 2.45) is 0 Å². The number of carbonyl (C=O) groups excluding carboxylic acids is 4. The highest BCUT2D eigenvalue weighted by Gasteiger charge is 2.39. The van der Waals surface area contributed by atoms with Gasteiger partial charge >= 0.3 is 12.2 Å². The summed E-state index contributed by atoms with van der Waals surface area (Å²) in [4.78, 5) is 61.5. The van der Waals surface area contributed by atoms with Gasteiger partial charge in [0.05, 0.1) is 27.2 Å². The van der Waals surface area contributed by atoms with Crippen LogP contribution in [0, 0.1) is 10.1 Å². The maximum Gasteiger partial charge on any atom is 0.383 e. The number of hydrogen-bond donors (Lipinski definition) is 1. The number of ether oxygens (including phenoxy) is 1. The summed E-state index contributed by atoms with van der Waals surface area (Å²) in [6, 6.07) is 11.6. The molecule has 10 nitrogen and oxygen atoms in total. The Morgan fingerprint density at radius 1 is 1.18 bits per heavy atom. The molecule has 2 amide bonds. The molecular formula is C23H21N3O7S. The molecule has 3 atom stereocenters. The van der Waals surface area contributed by atoms with Crippen LogP contribution in [0.25, 0.3) is 0 Å². The van der Waals surface area contributed by atoms with Crippen molar-refractivity contribution in [3.05, 3.63) is 80.9 Å². The van der Waals surface area contributed by atoms with Gasteiger partial charge in [0.2, 0.25) is 0 Å². The minimum atomic E-state index is -1.70.